The van der Waals surface area contributed by atoms with Gasteiger partial charge in [0, 0.05) is 11.8 Å². The summed E-state index contributed by atoms with van der Waals surface area (Å²) in [6.07, 6.45) is 4.08. The summed E-state index contributed by atoms with van der Waals surface area (Å²) < 4.78 is 0. The Kier molecular flexibility index (Phi) is 4.89. The summed E-state index contributed by atoms with van der Waals surface area (Å²) in [7, 11) is 0. The molecule has 0 atom stereocenters. The van der Waals surface area contributed by atoms with E-state index >= 15 is 0 Å². The molecule has 0 spiro atoms. The molecule has 0 rings (SSSR count). The predicted octanol–water partition coefficient (Wildman–Crippen LogP) is 2.37. The number of carbonyl (C=O) groups is 1. The second-order valence-corrected chi connectivity index (χ2v) is 4.16. The summed E-state index contributed by atoms with van der Waals surface area (Å²) in [5.41, 5.74) is -0.444. The largest absolute Gasteiger partial charge is 0.303 e. The van der Waals surface area contributed by atoms with E-state index in [4.69, 9.17) is 0 Å². The van der Waals surface area contributed by atoms with E-state index in [1.807, 2.05) is 27.7 Å². The molecule has 0 heterocycles. The number of hydrogen-bond acceptors (Lipinski definition) is 2. The lowest BCUT2D eigenvalue weighted by molar-refractivity contribution is -0.108. The highest BCUT2D eigenvalue weighted by atomic mass is 16.1. The third-order valence-corrected chi connectivity index (χ3v) is 2.93. The molecule has 2 nitrogen and oxygen atoms in total. The van der Waals surface area contributed by atoms with Crippen molar-refractivity contribution in [3.05, 3.63) is 0 Å². The lowest BCUT2D eigenvalue weighted by Gasteiger charge is -2.34. The van der Waals surface area contributed by atoms with Crippen LogP contribution in [0.15, 0.2) is 0 Å². The molecule has 1 radical (unpaired) electrons. The molecule has 0 aliphatic heterocycles. The van der Waals surface area contributed by atoms with E-state index < -0.39 is 5.41 Å². The highest BCUT2D eigenvalue weighted by Crippen LogP contribution is 2.37. The zero-order valence-electron chi connectivity index (χ0n) is 8.96. The Hall–Kier alpha value is -0.660. The summed E-state index contributed by atoms with van der Waals surface area (Å²) in [6, 6.07) is 0. The molecule has 0 amide bonds. The molecule has 0 bridgehead atoms. The SMILES string of the molecule is CC(C)C([C]=O)(CCC=O)C(C)C. The molecule has 0 aliphatic rings. The van der Waals surface area contributed by atoms with Crippen molar-refractivity contribution in [3.8, 4) is 0 Å². The molecule has 0 saturated heterocycles. The number of hydrogen-bond donors (Lipinski definition) is 0. The fraction of sp³-hybridized carbons (Fsp3) is 0.818. The average Bonchev–Trinajstić information content (AvgIpc) is 2.05. The first-order valence-electron chi connectivity index (χ1n) is 4.84. The average molecular weight is 183 g/mol. The molecule has 2 heteroatoms. The molecular weight excluding hydrogens is 164 g/mol. The van der Waals surface area contributed by atoms with Gasteiger partial charge in [0.05, 0.1) is 0 Å². The Bertz CT molecular complexity index is 163. The minimum Gasteiger partial charge on any atom is -0.303 e. The van der Waals surface area contributed by atoms with E-state index in [1.54, 1.807) is 0 Å². The van der Waals surface area contributed by atoms with Crippen LogP contribution in [-0.2, 0) is 9.59 Å². The quantitative estimate of drug-likeness (QED) is 0.592. The molecular formula is C11H19O2. The van der Waals surface area contributed by atoms with Crippen LogP contribution >= 0.6 is 0 Å². The van der Waals surface area contributed by atoms with Gasteiger partial charge in [-0.15, -0.1) is 0 Å². The molecule has 0 aromatic rings. The fourth-order valence-electron chi connectivity index (χ4n) is 1.83. The summed E-state index contributed by atoms with van der Waals surface area (Å²) in [5, 5.41) is 0. The van der Waals surface area contributed by atoms with Crippen LogP contribution in [0.4, 0.5) is 0 Å². The maximum absolute atomic E-state index is 11.0. The van der Waals surface area contributed by atoms with E-state index in [1.165, 1.54) is 0 Å². The molecule has 0 fully saturated rings. The first-order chi connectivity index (χ1) is 6.01. The summed E-state index contributed by atoms with van der Waals surface area (Å²) in [6.45, 7) is 8.04. The van der Waals surface area contributed by atoms with Gasteiger partial charge in [-0.1, -0.05) is 27.7 Å². The second-order valence-electron chi connectivity index (χ2n) is 4.16. The third kappa shape index (κ3) is 2.64. The van der Waals surface area contributed by atoms with Crippen LogP contribution in [0.3, 0.4) is 0 Å². The number of carbonyl (C=O) groups excluding carboxylic acids is 2. The Morgan fingerprint density at radius 1 is 1.23 bits per heavy atom. The van der Waals surface area contributed by atoms with Crippen molar-refractivity contribution >= 4 is 12.6 Å². The maximum atomic E-state index is 11.0. The van der Waals surface area contributed by atoms with Gasteiger partial charge in [0.25, 0.3) is 0 Å². The third-order valence-electron chi connectivity index (χ3n) is 2.93. The van der Waals surface area contributed by atoms with Crippen molar-refractivity contribution in [1.29, 1.82) is 0 Å². The van der Waals surface area contributed by atoms with E-state index in [9.17, 15) is 9.59 Å². The lowest BCUT2D eigenvalue weighted by atomic mass is 9.67. The van der Waals surface area contributed by atoms with E-state index in [0.717, 1.165) is 6.29 Å². The van der Waals surface area contributed by atoms with Crippen molar-refractivity contribution in [3.63, 3.8) is 0 Å². The van der Waals surface area contributed by atoms with Gasteiger partial charge in [0.2, 0.25) is 6.29 Å². The smallest absolute Gasteiger partial charge is 0.205 e. The van der Waals surface area contributed by atoms with Crippen molar-refractivity contribution < 1.29 is 9.59 Å². The van der Waals surface area contributed by atoms with Gasteiger partial charge in [-0.25, -0.2) is 0 Å². The van der Waals surface area contributed by atoms with E-state index in [2.05, 4.69) is 6.29 Å². The van der Waals surface area contributed by atoms with Crippen molar-refractivity contribution in [2.24, 2.45) is 17.3 Å². The molecule has 0 aliphatic carbocycles. The Labute approximate surface area is 80.7 Å². The Morgan fingerprint density at radius 3 is 1.92 bits per heavy atom. The summed E-state index contributed by atoms with van der Waals surface area (Å²) in [4.78, 5) is 21.3. The molecule has 13 heavy (non-hydrogen) atoms. The standard InChI is InChI=1S/C11H19O2/c1-9(2)11(8-13,10(3)4)6-5-7-12/h7,9-10H,5-6H2,1-4H3. The Morgan fingerprint density at radius 2 is 1.69 bits per heavy atom. The topological polar surface area (TPSA) is 34.1 Å². The van der Waals surface area contributed by atoms with Crippen LogP contribution in [0, 0.1) is 17.3 Å². The zero-order valence-corrected chi connectivity index (χ0v) is 8.96. The zero-order chi connectivity index (χ0) is 10.5. The monoisotopic (exact) mass is 183 g/mol. The minimum atomic E-state index is -0.444. The first kappa shape index (κ1) is 12.3. The van der Waals surface area contributed by atoms with Gasteiger partial charge in [-0.3, -0.25) is 4.79 Å². The van der Waals surface area contributed by atoms with Crippen LogP contribution in [0.2, 0.25) is 0 Å². The molecule has 75 valence electrons. The minimum absolute atomic E-state index is 0.241. The number of aldehydes is 1. The van der Waals surface area contributed by atoms with Crippen molar-refractivity contribution in [2.45, 2.75) is 40.5 Å². The van der Waals surface area contributed by atoms with E-state index in [0.29, 0.717) is 12.8 Å². The van der Waals surface area contributed by atoms with Gasteiger partial charge in [0.15, 0.2) is 0 Å². The number of rotatable bonds is 6. The summed E-state index contributed by atoms with van der Waals surface area (Å²) >= 11 is 0. The van der Waals surface area contributed by atoms with Gasteiger partial charge in [-0.05, 0) is 18.3 Å². The van der Waals surface area contributed by atoms with Crippen LogP contribution in [0.25, 0.3) is 0 Å². The first-order valence-corrected chi connectivity index (χ1v) is 4.84. The van der Waals surface area contributed by atoms with Crippen molar-refractivity contribution in [1.82, 2.24) is 0 Å². The molecule has 0 aromatic carbocycles. The van der Waals surface area contributed by atoms with Crippen LogP contribution < -0.4 is 0 Å². The van der Waals surface area contributed by atoms with Gasteiger partial charge in [0.1, 0.15) is 6.29 Å². The summed E-state index contributed by atoms with van der Waals surface area (Å²) in [5.74, 6) is 0.481. The molecule has 0 aromatic heterocycles. The lowest BCUT2D eigenvalue weighted by Crippen LogP contribution is -2.34. The highest BCUT2D eigenvalue weighted by Gasteiger charge is 2.37. The van der Waals surface area contributed by atoms with Gasteiger partial charge in [-0.2, -0.15) is 0 Å². The predicted molar refractivity (Wildman–Crippen MR) is 53.1 cm³/mol. The van der Waals surface area contributed by atoms with Crippen LogP contribution in [0.5, 0.6) is 0 Å². The Balaban J connectivity index is 4.64. The van der Waals surface area contributed by atoms with Crippen LogP contribution in [0.1, 0.15) is 40.5 Å². The van der Waals surface area contributed by atoms with Crippen molar-refractivity contribution in [2.75, 3.05) is 0 Å². The second kappa shape index (κ2) is 5.15. The highest BCUT2D eigenvalue weighted by molar-refractivity contribution is 5.62. The fourth-order valence-corrected chi connectivity index (χ4v) is 1.83. The van der Waals surface area contributed by atoms with Gasteiger partial charge >= 0.3 is 0 Å². The maximum Gasteiger partial charge on any atom is 0.205 e. The molecule has 0 N–H and O–H groups in total. The molecule has 0 saturated carbocycles. The van der Waals surface area contributed by atoms with E-state index in [-0.39, 0.29) is 11.8 Å². The molecule has 0 unspecified atom stereocenters. The van der Waals surface area contributed by atoms with Crippen LogP contribution in [-0.4, -0.2) is 12.6 Å². The normalized spacial score (nSPS) is 12.2. The van der Waals surface area contributed by atoms with Gasteiger partial charge < -0.3 is 4.79 Å².